The largest absolute Gasteiger partial charge is 0.368 e. The Balaban J connectivity index is 1.99. The number of imidazole rings is 1. The number of halogens is 1. The van der Waals surface area contributed by atoms with Crippen LogP contribution in [-0.2, 0) is 4.79 Å². The van der Waals surface area contributed by atoms with Crippen molar-refractivity contribution in [1.82, 2.24) is 24.8 Å². The van der Waals surface area contributed by atoms with Crippen molar-refractivity contribution in [3.05, 3.63) is 33.5 Å². The minimum Gasteiger partial charge on any atom is -0.368 e. The molecule has 164 valence electrons. The van der Waals surface area contributed by atoms with Crippen molar-refractivity contribution in [2.24, 2.45) is 5.92 Å². The molecule has 0 bridgehead atoms. The Morgan fingerprint density at radius 3 is 2.74 bits per heavy atom. The third-order valence-corrected chi connectivity index (χ3v) is 6.19. The van der Waals surface area contributed by atoms with Crippen LogP contribution >= 0.6 is 22.9 Å². The lowest BCUT2D eigenvalue weighted by atomic mass is 9.97. The number of hydrogen-bond acceptors (Lipinski definition) is 6. The van der Waals surface area contributed by atoms with Crippen LogP contribution in [0.4, 0.5) is 5.82 Å². The molecule has 0 aliphatic carbocycles. The fourth-order valence-corrected chi connectivity index (χ4v) is 4.25. The Bertz CT molecular complexity index is 1110. The van der Waals surface area contributed by atoms with Gasteiger partial charge in [0.1, 0.15) is 0 Å². The lowest BCUT2D eigenvalue weighted by Crippen LogP contribution is -2.28. The van der Waals surface area contributed by atoms with Crippen molar-refractivity contribution in [2.75, 3.05) is 18.9 Å². The number of rotatable bonds is 8. The van der Waals surface area contributed by atoms with Gasteiger partial charge in [-0.25, -0.2) is 15.0 Å². The van der Waals surface area contributed by atoms with Crippen molar-refractivity contribution >= 4 is 45.8 Å². The highest BCUT2D eigenvalue weighted by Gasteiger charge is 2.22. The highest BCUT2D eigenvalue weighted by molar-refractivity contribution is 7.16. The molecule has 3 heterocycles. The summed E-state index contributed by atoms with van der Waals surface area (Å²) < 4.78 is 2.70. The Kier molecular flexibility index (Phi) is 7.88. The predicted octanol–water partition coefficient (Wildman–Crippen LogP) is 4.49. The summed E-state index contributed by atoms with van der Waals surface area (Å²) in [7, 11) is 1.67. The van der Waals surface area contributed by atoms with E-state index in [1.807, 2.05) is 23.6 Å². The quantitative estimate of drug-likeness (QED) is 0.486. The van der Waals surface area contributed by atoms with Gasteiger partial charge in [0.2, 0.25) is 11.7 Å². The molecular weight excluding hydrogens is 432 g/mol. The van der Waals surface area contributed by atoms with E-state index in [-0.39, 0.29) is 17.9 Å². The first-order valence-electron chi connectivity index (χ1n) is 10.4. The molecule has 0 aliphatic heterocycles. The first-order chi connectivity index (χ1) is 15.0. The Morgan fingerprint density at radius 1 is 1.29 bits per heavy atom. The molecule has 0 saturated heterocycles. The predicted molar refractivity (Wildman–Crippen MR) is 127 cm³/mol. The molecule has 0 saturated carbocycles. The number of carbonyl (C=O) groups excluding carboxylic acids is 1. The zero-order valence-corrected chi connectivity index (χ0v) is 19.8. The number of hydrogen-bond donors (Lipinski definition) is 2. The molecule has 1 amide bonds. The summed E-state index contributed by atoms with van der Waals surface area (Å²) in [5.74, 6) is 7.21. The van der Waals surface area contributed by atoms with Gasteiger partial charge in [-0.1, -0.05) is 25.4 Å². The van der Waals surface area contributed by atoms with Gasteiger partial charge in [-0.05, 0) is 50.2 Å². The second-order valence-corrected chi connectivity index (χ2v) is 9.02. The first-order valence-corrected chi connectivity index (χ1v) is 11.6. The van der Waals surface area contributed by atoms with Crippen LogP contribution in [0.15, 0.2) is 18.5 Å². The summed E-state index contributed by atoms with van der Waals surface area (Å²) in [6, 6.07) is 3.74. The van der Waals surface area contributed by atoms with Gasteiger partial charge in [-0.3, -0.25) is 4.79 Å². The van der Waals surface area contributed by atoms with Crippen LogP contribution in [-0.4, -0.2) is 39.0 Å². The van der Waals surface area contributed by atoms with Crippen molar-refractivity contribution < 1.29 is 4.79 Å². The van der Waals surface area contributed by atoms with Gasteiger partial charge < -0.3 is 15.2 Å². The standard InChI is InChI=1S/C22H27ClN6OS/c1-5-11-25-20-19-21(28-18(27-20)10-8-16-7-9-17(23)31-16)29(13-26-19)14(3)12-15(6-2)22(30)24-4/h7,9,13-15H,5-6,11-12H2,1-4H3,(H,24,30)(H,25,27,28). The van der Waals surface area contributed by atoms with Crippen molar-refractivity contribution in [2.45, 2.75) is 46.1 Å². The van der Waals surface area contributed by atoms with Gasteiger partial charge in [0.15, 0.2) is 17.0 Å². The summed E-state index contributed by atoms with van der Waals surface area (Å²) in [4.78, 5) is 26.9. The highest BCUT2D eigenvalue weighted by Crippen LogP contribution is 2.26. The molecule has 2 N–H and O–H groups in total. The van der Waals surface area contributed by atoms with E-state index in [1.54, 1.807) is 13.4 Å². The zero-order valence-electron chi connectivity index (χ0n) is 18.2. The number of anilines is 1. The van der Waals surface area contributed by atoms with E-state index in [0.29, 0.717) is 33.6 Å². The van der Waals surface area contributed by atoms with Crippen LogP contribution in [0.2, 0.25) is 4.34 Å². The fourth-order valence-electron chi connectivity index (χ4n) is 3.35. The number of carbonyl (C=O) groups is 1. The van der Waals surface area contributed by atoms with Crippen LogP contribution in [0.25, 0.3) is 11.2 Å². The third-order valence-electron chi connectivity index (χ3n) is 5.05. The zero-order chi connectivity index (χ0) is 22.4. The van der Waals surface area contributed by atoms with Gasteiger partial charge in [0.25, 0.3) is 0 Å². The topological polar surface area (TPSA) is 84.7 Å². The molecule has 0 aliphatic rings. The molecular formula is C22H27ClN6OS. The average Bonchev–Trinajstić information content (AvgIpc) is 3.39. The molecule has 0 aromatic carbocycles. The summed E-state index contributed by atoms with van der Waals surface area (Å²) >= 11 is 7.42. The summed E-state index contributed by atoms with van der Waals surface area (Å²) in [5, 5.41) is 6.09. The van der Waals surface area contributed by atoms with Crippen LogP contribution in [0, 0.1) is 17.8 Å². The molecule has 2 atom stereocenters. The maximum absolute atomic E-state index is 12.2. The Morgan fingerprint density at radius 2 is 2.10 bits per heavy atom. The number of thiophene rings is 1. The van der Waals surface area contributed by atoms with Gasteiger partial charge in [0, 0.05) is 25.6 Å². The molecule has 3 aromatic rings. The number of aromatic nitrogens is 4. The van der Waals surface area contributed by atoms with E-state index in [4.69, 9.17) is 16.6 Å². The first kappa shape index (κ1) is 23.0. The molecule has 0 fully saturated rings. The summed E-state index contributed by atoms with van der Waals surface area (Å²) in [6.07, 6.45) is 4.20. The second-order valence-electron chi connectivity index (χ2n) is 7.30. The monoisotopic (exact) mass is 458 g/mol. The maximum Gasteiger partial charge on any atom is 0.222 e. The normalized spacial score (nSPS) is 12.8. The molecule has 0 spiro atoms. The maximum atomic E-state index is 12.2. The van der Waals surface area contributed by atoms with Gasteiger partial charge in [0.05, 0.1) is 15.5 Å². The number of fused-ring (bicyclic) bond motifs is 1. The Hall–Kier alpha value is -2.63. The molecule has 2 unspecified atom stereocenters. The molecule has 9 heteroatoms. The molecule has 3 rings (SSSR count). The van der Waals surface area contributed by atoms with E-state index >= 15 is 0 Å². The molecule has 7 nitrogen and oxygen atoms in total. The molecule has 0 radical (unpaired) electrons. The van der Waals surface area contributed by atoms with E-state index in [9.17, 15) is 4.79 Å². The minimum absolute atomic E-state index is 0.0399. The Labute approximate surface area is 191 Å². The number of nitrogens with zero attached hydrogens (tertiary/aromatic N) is 4. The summed E-state index contributed by atoms with van der Waals surface area (Å²) in [5.41, 5.74) is 1.42. The van der Waals surface area contributed by atoms with Crippen LogP contribution in [0.1, 0.15) is 56.8 Å². The van der Waals surface area contributed by atoms with Crippen molar-refractivity contribution in [1.29, 1.82) is 0 Å². The van der Waals surface area contributed by atoms with E-state index in [2.05, 4.69) is 46.3 Å². The third kappa shape index (κ3) is 5.54. The minimum atomic E-state index is -0.0696. The van der Waals surface area contributed by atoms with Crippen molar-refractivity contribution in [3.8, 4) is 11.8 Å². The van der Waals surface area contributed by atoms with E-state index in [0.717, 1.165) is 24.3 Å². The SMILES string of the molecule is CCCNc1nc(C#Cc2ccc(Cl)s2)nc2c1ncn2C(C)CC(CC)C(=O)NC. The lowest BCUT2D eigenvalue weighted by Gasteiger charge is -2.20. The van der Waals surface area contributed by atoms with Gasteiger partial charge in [-0.15, -0.1) is 11.3 Å². The van der Waals surface area contributed by atoms with E-state index in [1.165, 1.54) is 11.3 Å². The average molecular weight is 459 g/mol. The molecule has 3 aromatic heterocycles. The van der Waals surface area contributed by atoms with Crippen LogP contribution in [0.3, 0.4) is 0 Å². The van der Waals surface area contributed by atoms with Gasteiger partial charge in [-0.2, -0.15) is 0 Å². The van der Waals surface area contributed by atoms with E-state index < -0.39 is 0 Å². The van der Waals surface area contributed by atoms with Crippen LogP contribution < -0.4 is 10.6 Å². The summed E-state index contributed by atoms with van der Waals surface area (Å²) in [6.45, 7) is 6.97. The highest BCUT2D eigenvalue weighted by atomic mass is 35.5. The lowest BCUT2D eigenvalue weighted by molar-refractivity contribution is -0.125. The van der Waals surface area contributed by atoms with Gasteiger partial charge >= 0.3 is 0 Å². The molecule has 31 heavy (non-hydrogen) atoms. The smallest absolute Gasteiger partial charge is 0.222 e. The number of nitrogens with one attached hydrogen (secondary N) is 2. The second kappa shape index (κ2) is 10.6. The number of amides is 1. The van der Waals surface area contributed by atoms with Crippen LogP contribution in [0.5, 0.6) is 0 Å². The van der Waals surface area contributed by atoms with Crippen molar-refractivity contribution in [3.63, 3.8) is 0 Å². The fraction of sp³-hybridized carbons (Fsp3) is 0.455.